The summed E-state index contributed by atoms with van der Waals surface area (Å²) >= 11 is 0. The van der Waals surface area contributed by atoms with Gasteiger partial charge in [-0.1, -0.05) is 18.2 Å². The minimum absolute atomic E-state index is 0.117. The molecule has 0 amide bonds. The molecule has 2 aromatic heterocycles. The van der Waals surface area contributed by atoms with E-state index in [1.54, 1.807) is 48.7 Å². The van der Waals surface area contributed by atoms with Gasteiger partial charge in [0.15, 0.2) is 0 Å². The molecule has 1 aromatic carbocycles. The van der Waals surface area contributed by atoms with Gasteiger partial charge in [-0.05, 0) is 46.8 Å². The number of nitrogens with zero attached hydrogens (tertiary/aromatic N) is 3. The van der Waals surface area contributed by atoms with Crippen LogP contribution in [-0.4, -0.2) is 39.1 Å². The summed E-state index contributed by atoms with van der Waals surface area (Å²) in [4.78, 5) is 39.0. The molecule has 164 valence electrons. The quantitative estimate of drug-likeness (QED) is 0.566. The Morgan fingerprint density at radius 2 is 1.32 bits per heavy atom. The summed E-state index contributed by atoms with van der Waals surface area (Å²) in [6.45, 7) is 8.93. The third kappa shape index (κ3) is 3.58. The Morgan fingerprint density at radius 3 is 1.77 bits per heavy atom. The van der Waals surface area contributed by atoms with Crippen molar-refractivity contribution < 1.29 is 19.1 Å². The van der Waals surface area contributed by atoms with Gasteiger partial charge < -0.3 is 14.0 Å². The maximum absolute atomic E-state index is 13.5. The van der Waals surface area contributed by atoms with Crippen LogP contribution in [0.5, 0.6) is 0 Å². The molecule has 0 fully saturated rings. The lowest BCUT2D eigenvalue weighted by Crippen LogP contribution is -2.22. The van der Waals surface area contributed by atoms with E-state index in [9.17, 15) is 14.4 Å². The van der Waals surface area contributed by atoms with Crippen molar-refractivity contribution in [2.24, 2.45) is 7.05 Å². The lowest BCUT2D eigenvalue weighted by atomic mass is 10.1. The van der Waals surface area contributed by atoms with Crippen molar-refractivity contribution in [2.75, 3.05) is 13.2 Å². The van der Waals surface area contributed by atoms with E-state index in [0.717, 1.165) is 0 Å². The minimum atomic E-state index is -0.623. The number of hydrogen-bond acceptors (Lipinski definition) is 5. The molecule has 2 heterocycles. The zero-order valence-corrected chi connectivity index (χ0v) is 18.7. The predicted octanol–water partition coefficient (Wildman–Crippen LogP) is 3.25. The third-order valence-electron chi connectivity index (χ3n) is 5.35. The standard InChI is InChI=1S/C23H27N3O5/c1-7-30-22(28)18-14(3)25(15(4)19(18)23(29)31-8-2)20-16(5)24(6)26(21(20)27)17-12-10-9-11-13-17/h9-13H,7-8H2,1-6H3. The number of carbonyl (C=O) groups excluding carboxylic acids is 2. The highest BCUT2D eigenvalue weighted by atomic mass is 16.5. The molecule has 0 aliphatic carbocycles. The molecule has 8 nitrogen and oxygen atoms in total. The van der Waals surface area contributed by atoms with Gasteiger partial charge in [0, 0.05) is 18.4 Å². The van der Waals surface area contributed by atoms with Crippen LogP contribution in [0.15, 0.2) is 35.1 Å². The Labute approximate surface area is 180 Å². The highest BCUT2D eigenvalue weighted by Crippen LogP contribution is 2.28. The topological polar surface area (TPSA) is 84.5 Å². The Hall–Kier alpha value is -3.55. The highest BCUT2D eigenvalue weighted by Gasteiger charge is 2.32. The number of ether oxygens (including phenoxy) is 2. The Balaban J connectivity index is 2.35. The number of carbonyl (C=O) groups is 2. The summed E-state index contributed by atoms with van der Waals surface area (Å²) < 4.78 is 15.3. The van der Waals surface area contributed by atoms with Crippen LogP contribution in [-0.2, 0) is 16.5 Å². The predicted molar refractivity (Wildman–Crippen MR) is 116 cm³/mol. The summed E-state index contributed by atoms with van der Waals surface area (Å²) in [6.07, 6.45) is 0. The molecule has 0 saturated carbocycles. The molecule has 0 radical (unpaired) electrons. The monoisotopic (exact) mass is 425 g/mol. The fourth-order valence-electron chi connectivity index (χ4n) is 3.89. The van der Waals surface area contributed by atoms with Gasteiger partial charge in [-0.15, -0.1) is 0 Å². The summed E-state index contributed by atoms with van der Waals surface area (Å²) in [5, 5.41) is 0. The van der Waals surface area contributed by atoms with Crippen LogP contribution in [0.1, 0.15) is 51.6 Å². The Morgan fingerprint density at radius 1 is 0.839 bits per heavy atom. The van der Waals surface area contributed by atoms with Crippen molar-refractivity contribution in [1.82, 2.24) is 13.9 Å². The fourth-order valence-corrected chi connectivity index (χ4v) is 3.89. The molecule has 0 atom stereocenters. The average molecular weight is 425 g/mol. The van der Waals surface area contributed by atoms with Gasteiger partial charge in [-0.3, -0.25) is 9.48 Å². The SMILES string of the molecule is CCOC(=O)c1c(C(=O)OCC)c(C)n(-c2c(C)n(C)n(-c3ccccc3)c2=O)c1C. The average Bonchev–Trinajstić information content (AvgIpc) is 3.12. The maximum Gasteiger partial charge on any atom is 0.340 e. The summed E-state index contributed by atoms with van der Waals surface area (Å²) in [5.41, 5.74) is 2.62. The smallest absolute Gasteiger partial charge is 0.340 e. The van der Waals surface area contributed by atoms with Crippen molar-refractivity contribution in [3.8, 4) is 11.4 Å². The van der Waals surface area contributed by atoms with E-state index in [2.05, 4.69) is 0 Å². The molecule has 0 unspecified atom stereocenters. The number of hydrogen-bond donors (Lipinski definition) is 0. The second-order valence-corrected chi connectivity index (χ2v) is 7.11. The first kappa shape index (κ1) is 22.1. The molecule has 0 saturated heterocycles. The van der Waals surface area contributed by atoms with Crippen LogP contribution in [0.25, 0.3) is 11.4 Å². The molecule has 31 heavy (non-hydrogen) atoms. The van der Waals surface area contributed by atoms with Gasteiger partial charge in [-0.25, -0.2) is 14.3 Å². The first-order valence-corrected chi connectivity index (χ1v) is 10.2. The van der Waals surface area contributed by atoms with Crippen molar-refractivity contribution >= 4 is 11.9 Å². The molecular weight excluding hydrogens is 398 g/mol. The second kappa shape index (κ2) is 8.67. The highest BCUT2D eigenvalue weighted by molar-refractivity contribution is 6.05. The first-order valence-electron chi connectivity index (χ1n) is 10.2. The molecule has 3 rings (SSSR count). The van der Waals surface area contributed by atoms with Gasteiger partial charge in [0.1, 0.15) is 5.69 Å². The van der Waals surface area contributed by atoms with Crippen molar-refractivity contribution in [3.05, 3.63) is 68.9 Å². The largest absolute Gasteiger partial charge is 0.462 e. The summed E-state index contributed by atoms with van der Waals surface area (Å²) in [7, 11) is 1.79. The normalized spacial score (nSPS) is 10.9. The minimum Gasteiger partial charge on any atom is -0.462 e. The molecule has 0 aliphatic rings. The van der Waals surface area contributed by atoms with Gasteiger partial charge in [0.05, 0.1) is 35.7 Å². The second-order valence-electron chi connectivity index (χ2n) is 7.11. The van der Waals surface area contributed by atoms with Crippen LogP contribution in [0.2, 0.25) is 0 Å². The van der Waals surface area contributed by atoms with E-state index < -0.39 is 11.9 Å². The third-order valence-corrected chi connectivity index (χ3v) is 5.35. The van der Waals surface area contributed by atoms with Crippen LogP contribution in [0, 0.1) is 20.8 Å². The van der Waals surface area contributed by atoms with E-state index in [-0.39, 0.29) is 29.9 Å². The zero-order chi connectivity index (χ0) is 22.9. The molecule has 0 aliphatic heterocycles. The Kier molecular flexibility index (Phi) is 6.19. The van der Waals surface area contributed by atoms with E-state index in [4.69, 9.17) is 9.47 Å². The number of rotatable bonds is 6. The van der Waals surface area contributed by atoms with Crippen molar-refractivity contribution in [1.29, 1.82) is 0 Å². The van der Waals surface area contributed by atoms with Gasteiger partial charge >= 0.3 is 11.9 Å². The van der Waals surface area contributed by atoms with E-state index in [0.29, 0.717) is 28.5 Å². The molecule has 0 N–H and O–H groups in total. The molecular formula is C23H27N3O5. The molecule has 8 heteroatoms. The summed E-state index contributed by atoms with van der Waals surface area (Å²) in [6, 6.07) is 9.27. The lowest BCUT2D eigenvalue weighted by Gasteiger charge is -2.08. The van der Waals surface area contributed by atoms with E-state index >= 15 is 0 Å². The number of para-hydroxylation sites is 1. The van der Waals surface area contributed by atoms with Crippen LogP contribution in [0.4, 0.5) is 0 Å². The van der Waals surface area contributed by atoms with Crippen LogP contribution >= 0.6 is 0 Å². The van der Waals surface area contributed by atoms with Crippen molar-refractivity contribution in [2.45, 2.75) is 34.6 Å². The van der Waals surface area contributed by atoms with Gasteiger partial charge in [0.2, 0.25) is 0 Å². The number of benzene rings is 1. The maximum atomic E-state index is 13.5. The van der Waals surface area contributed by atoms with E-state index in [1.807, 2.05) is 37.3 Å². The first-order chi connectivity index (χ1) is 14.8. The van der Waals surface area contributed by atoms with Gasteiger partial charge in [0.25, 0.3) is 5.56 Å². The van der Waals surface area contributed by atoms with Crippen molar-refractivity contribution in [3.63, 3.8) is 0 Å². The van der Waals surface area contributed by atoms with Crippen LogP contribution < -0.4 is 5.56 Å². The molecule has 3 aromatic rings. The van der Waals surface area contributed by atoms with E-state index in [1.165, 1.54) is 0 Å². The van der Waals surface area contributed by atoms with Crippen LogP contribution in [0.3, 0.4) is 0 Å². The number of esters is 2. The Bertz CT molecular complexity index is 1160. The summed E-state index contributed by atoms with van der Waals surface area (Å²) in [5.74, 6) is -1.25. The lowest BCUT2D eigenvalue weighted by molar-refractivity contribution is 0.0479. The molecule has 0 bridgehead atoms. The van der Waals surface area contributed by atoms with Gasteiger partial charge in [-0.2, -0.15) is 0 Å². The number of aromatic nitrogens is 3. The zero-order valence-electron chi connectivity index (χ0n) is 18.7. The molecule has 0 spiro atoms. The fraction of sp³-hybridized carbons (Fsp3) is 0.348.